The van der Waals surface area contributed by atoms with Crippen molar-refractivity contribution < 1.29 is 14.3 Å². The van der Waals surface area contributed by atoms with Gasteiger partial charge in [0.05, 0.1) is 24.1 Å². The second-order valence-corrected chi connectivity index (χ2v) is 6.71. The highest BCUT2D eigenvalue weighted by Gasteiger charge is 2.59. The highest BCUT2D eigenvalue weighted by molar-refractivity contribution is 6.22. The van der Waals surface area contributed by atoms with Crippen molar-refractivity contribution in [1.29, 1.82) is 0 Å². The summed E-state index contributed by atoms with van der Waals surface area (Å²) in [6.07, 6.45) is 7.30. The first kappa shape index (κ1) is 14.5. The summed E-state index contributed by atoms with van der Waals surface area (Å²) >= 11 is 0. The van der Waals surface area contributed by atoms with Crippen molar-refractivity contribution in [2.75, 3.05) is 11.5 Å². The molecule has 1 saturated heterocycles. The largest absolute Gasteiger partial charge is 0.494 e. The first-order chi connectivity index (χ1) is 11.2. The van der Waals surface area contributed by atoms with Gasteiger partial charge >= 0.3 is 0 Å². The molecule has 23 heavy (non-hydrogen) atoms. The molecule has 1 aromatic carbocycles. The summed E-state index contributed by atoms with van der Waals surface area (Å²) in [7, 11) is 0. The first-order valence-electron chi connectivity index (χ1n) is 8.49. The number of allylic oxidation sites excluding steroid dienone is 2. The van der Waals surface area contributed by atoms with Crippen LogP contribution in [0.5, 0.6) is 5.75 Å². The van der Waals surface area contributed by atoms with Crippen LogP contribution in [0.4, 0.5) is 5.69 Å². The van der Waals surface area contributed by atoms with Gasteiger partial charge in [-0.05, 0) is 48.9 Å². The second kappa shape index (κ2) is 5.52. The average molecular weight is 311 g/mol. The summed E-state index contributed by atoms with van der Waals surface area (Å²) in [4.78, 5) is 26.8. The lowest BCUT2D eigenvalue weighted by Gasteiger charge is -2.17. The zero-order valence-corrected chi connectivity index (χ0v) is 13.3. The Kier molecular flexibility index (Phi) is 3.47. The molecule has 1 aliphatic heterocycles. The lowest BCUT2D eigenvalue weighted by molar-refractivity contribution is -0.123. The van der Waals surface area contributed by atoms with Gasteiger partial charge < -0.3 is 4.74 Å². The fourth-order valence-corrected chi connectivity index (χ4v) is 4.18. The number of amides is 2. The van der Waals surface area contributed by atoms with Crippen molar-refractivity contribution >= 4 is 17.5 Å². The molecule has 0 radical (unpaired) electrons. The van der Waals surface area contributed by atoms with E-state index >= 15 is 0 Å². The summed E-state index contributed by atoms with van der Waals surface area (Å²) in [5, 5.41) is 0. The molecule has 2 aliphatic carbocycles. The number of rotatable bonds is 5. The van der Waals surface area contributed by atoms with E-state index in [1.54, 1.807) is 0 Å². The van der Waals surface area contributed by atoms with Crippen LogP contribution < -0.4 is 9.64 Å². The molecule has 120 valence electrons. The van der Waals surface area contributed by atoms with Gasteiger partial charge in [-0.3, -0.25) is 14.5 Å². The molecule has 1 aromatic rings. The maximum Gasteiger partial charge on any atom is 0.238 e. The Morgan fingerprint density at radius 1 is 1.04 bits per heavy atom. The molecule has 1 saturated carbocycles. The molecule has 3 aliphatic rings. The molecule has 1 heterocycles. The normalized spacial score (nSPS) is 31.1. The van der Waals surface area contributed by atoms with E-state index in [1.807, 2.05) is 24.3 Å². The highest BCUT2D eigenvalue weighted by Crippen LogP contribution is 2.53. The maximum atomic E-state index is 12.7. The number of unbranched alkanes of at least 4 members (excludes halogenated alkanes) is 1. The van der Waals surface area contributed by atoms with Crippen molar-refractivity contribution in [2.45, 2.75) is 26.2 Å². The predicted octanol–water partition coefficient (Wildman–Crippen LogP) is 3.18. The lowest BCUT2D eigenvalue weighted by atomic mass is 9.85. The third-order valence-electron chi connectivity index (χ3n) is 5.33. The van der Waals surface area contributed by atoms with E-state index in [2.05, 4.69) is 19.1 Å². The summed E-state index contributed by atoms with van der Waals surface area (Å²) < 4.78 is 5.64. The number of ether oxygens (including phenoxy) is 1. The quantitative estimate of drug-likeness (QED) is 0.477. The third kappa shape index (κ3) is 2.19. The molecule has 0 aromatic heterocycles. The Balaban J connectivity index is 1.52. The van der Waals surface area contributed by atoms with Gasteiger partial charge in [-0.25, -0.2) is 0 Å². The van der Waals surface area contributed by atoms with Gasteiger partial charge in [0.1, 0.15) is 5.75 Å². The minimum absolute atomic E-state index is 0.0310. The number of anilines is 1. The van der Waals surface area contributed by atoms with Gasteiger partial charge in [0.25, 0.3) is 0 Å². The number of hydrogen-bond donors (Lipinski definition) is 0. The number of hydrogen-bond acceptors (Lipinski definition) is 3. The highest BCUT2D eigenvalue weighted by atomic mass is 16.5. The Morgan fingerprint density at radius 3 is 2.22 bits per heavy atom. The number of imide groups is 1. The zero-order chi connectivity index (χ0) is 16.0. The number of benzene rings is 1. The molecule has 2 amide bonds. The second-order valence-electron chi connectivity index (χ2n) is 6.71. The molecule has 4 heteroatoms. The van der Waals surface area contributed by atoms with Crippen LogP contribution in [0.1, 0.15) is 26.2 Å². The molecule has 4 atom stereocenters. The van der Waals surface area contributed by atoms with Crippen LogP contribution in [0.15, 0.2) is 36.4 Å². The van der Waals surface area contributed by atoms with E-state index in [0.717, 1.165) is 25.0 Å². The summed E-state index contributed by atoms with van der Waals surface area (Å²) in [5.41, 5.74) is 0.664. The maximum absolute atomic E-state index is 12.7. The summed E-state index contributed by atoms with van der Waals surface area (Å²) in [5.74, 6) is 0.943. The fourth-order valence-electron chi connectivity index (χ4n) is 4.18. The van der Waals surface area contributed by atoms with Gasteiger partial charge in [0.2, 0.25) is 11.8 Å². The number of carbonyl (C=O) groups is 2. The van der Waals surface area contributed by atoms with Crippen LogP contribution in [0, 0.1) is 23.7 Å². The van der Waals surface area contributed by atoms with Crippen molar-refractivity contribution in [2.24, 2.45) is 23.7 Å². The summed E-state index contributed by atoms with van der Waals surface area (Å²) in [6, 6.07) is 7.31. The molecule has 4 nitrogen and oxygen atoms in total. The van der Waals surface area contributed by atoms with E-state index in [4.69, 9.17) is 4.74 Å². The first-order valence-corrected chi connectivity index (χ1v) is 8.49. The van der Waals surface area contributed by atoms with Crippen LogP contribution >= 0.6 is 0 Å². The molecule has 4 rings (SSSR count). The van der Waals surface area contributed by atoms with E-state index < -0.39 is 0 Å². The topological polar surface area (TPSA) is 46.6 Å². The number of carbonyl (C=O) groups excluding carboxylic acids is 2. The van der Waals surface area contributed by atoms with Crippen LogP contribution in [0.2, 0.25) is 0 Å². The van der Waals surface area contributed by atoms with Crippen LogP contribution in [-0.2, 0) is 9.59 Å². The molecule has 0 unspecified atom stereocenters. The van der Waals surface area contributed by atoms with E-state index in [1.165, 1.54) is 4.90 Å². The fraction of sp³-hybridized carbons (Fsp3) is 0.474. The average Bonchev–Trinajstić information content (AvgIpc) is 3.23. The Hall–Kier alpha value is -2.10. The van der Waals surface area contributed by atoms with Crippen molar-refractivity contribution in [1.82, 2.24) is 0 Å². The molecule has 2 bridgehead atoms. The van der Waals surface area contributed by atoms with E-state index in [9.17, 15) is 9.59 Å². The van der Waals surface area contributed by atoms with Crippen molar-refractivity contribution in [3.8, 4) is 5.75 Å². The number of nitrogens with zero attached hydrogens (tertiary/aromatic N) is 1. The Bertz CT molecular complexity index is 634. The van der Waals surface area contributed by atoms with Gasteiger partial charge in [-0.2, -0.15) is 0 Å². The van der Waals surface area contributed by atoms with Gasteiger partial charge in [0, 0.05) is 0 Å². The van der Waals surface area contributed by atoms with E-state index in [-0.39, 0.29) is 35.5 Å². The minimum atomic E-state index is -0.141. The van der Waals surface area contributed by atoms with Crippen LogP contribution in [-0.4, -0.2) is 18.4 Å². The van der Waals surface area contributed by atoms with Crippen molar-refractivity contribution in [3.05, 3.63) is 36.4 Å². The van der Waals surface area contributed by atoms with E-state index in [0.29, 0.717) is 12.3 Å². The SMILES string of the molecule is CCCCOc1ccc(N2C(=O)[C@H]3[C@H](C2=O)[C@H]2C=C[C@H]3C2)cc1. The molecule has 0 spiro atoms. The molecule has 0 N–H and O–H groups in total. The molecular formula is C19H21NO3. The standard InChI is InChI=1S/C19H21NO3/c1-2-3-10-23-15-8-6-14(7-9-15)20-18(21)16-12-4-5-13(11-12)17(16)19(20)22/h4-9,12-13,16-17H,2-3,10-11H2,1H3/t12-,13-,16+,17+/m0/s1. The van der Waals surface area contributed by atoms with Crippen LogP contribution in [0.3, 0.4) is 0 Å². The smallest absolute Gasteiger partial charge is 0.238 e. The monoisotopic (exact) mass is 311 g/mol. The molecule has 2 fully saturated rings. The number of fused-ring (bicyclic) bond motifs is 5. The predicted molar refractivity (Wildman–Crippen MR) is 87.1 cm³/mol. The Labute approximate surface area is 136 Å². The minimum Gasteiger partial charge on any atom is -0.494 e. The third-order valence-corrected chi connectivity index (χ3v) is 5.33. The van der Waals surface area contributed by atoms with Crippen LogP contribution in [0.25, 0.3) is 0 Å². The molecular weight excluding hydrogens is 290 g/mol. The van der Waals surface area contributed by atoms with Gasteiger partial charge in [-0.1, -0.05) is 25.5 Å². The van der Waals surface area contributed by atoms with Gasteiger partial charge in [0.15, 0.2) is 0 Å². The Morgan fingerprint density at radius 2 is 1.65 bits per heavy atom. The summed E-state index contributed by atoms with van der Waals surface area (Å²) in [6.45, 7) is 2.81. The van der Waals surface area contributed by atoms with Crippen molar-refractivity contribution in [3.63, 3.8) is 0 Å². The zero-order valence-electron chi connectivity index (χ0n) is 13.3. The lowest BCUT2D eigenvalue weighted by Crippen LogP contribution is -2.32. The van der Waals surface area contributed by atoms with Gasteiger partial charge in [-0.15, -0.1) is 0 Å².